The fraction of sp³-hybridized carbons (Fsp3) is 0.345. The largest absolute Gasteiger partial charge is 0.417 e. The third kappa shape index (κ3) is 5.01. The SMILES string of the molecule is CCN1C(=O)c2ccc(Nc3cc(N[C@H](CO)c4ccccc4)c(-c4nnc(C(C)(C)O)o4)cn3)nc2C1(C)C. The summed E-state index contributed by atoms with van der Waals surface area (Å²) >= 11 is 0. The lowest BCUT2D eigenvalue weighted by molar-refractivity contribution is 0.0487. The number of rotatable bonds is 9. The van der Waals surface area contributed by atoms with E-state index in [4.69, 9.17) is 9.40 Å². The second-order valence-electron chi connectivity index (χ2n) is 10.7. The molecule has 40 heavy (non-hydrogen) atoms. The van der Waals surface area contributed by atoms with Gasteiger partial charge in [0.1, 0.15) is 17.2 Å². The maximum Gasteiger partial charge on any atom is 0.256 e. The number of carbonyl (C=O) groups excluding carboxylic acids is 1. The number of anilines is 3. The van der Waals surface area contributed by atoms with Gasteiger partial charge in [-0.2, -0.15) is 0 Å². The molecule has 1 aliphatic heterocycles. The number of amides is 1. The molecule has 0 fully saturated rings. The molecule has 208 valence electrons. The molecule has 1 atom stereocenters. The highest BCUT2D eigenvalue weighted by Gasteiger charge is 2.43. The average Bonchev–Trinajstić information content (AvgIpc) is 3.49. The Bertz CT molecular complexity index is 1530. The highest BCUT2D eigenvalue weighted by molar-refractivity contribution is 5.99. The van der Waals surface area contributed by atoms with Crippen molar-refractivity contribution in [2.24, 2.45) is 0 Å². The number of hydrogen-bond acceptors (Lipinski definition) is 10. The first-order chi connectivity index (χ1) is 19.0. The number of benzene rings is 1. The molecule has 0 spiro atoms. The van der Waals surface area contributed by atoms with Crippen LogP contribution in [-0.2, 0) is 11.1 Å². The third-order valence-electron chi connectivity index (χ3n) is 6.99. The molecule has 0 radical (unpaired) electrons. The second kappa shape index (κ2) is 10.3. The number of pyridine rings is 2. The Morgan fingerprint density at radius 3 is 2.48 bits per heavy atom. The predicted octanol–water partition coefficient (Wildman–Crippen LogP) is 4.35. The van der Waals surface area contributed by atoms with Crippen molar-refractivity contribution in [3.63, 3.8) is 0 Å². The van der Waals surface area contributed by atoms with Crippen molar-refractivity contribution in [2.75, 3.05) is 23.8 Å². The van der Waals surface area contributed by atoms with Crippen LogP contribution in [0.4, 0.5) is 17.3 Å². The summed E-state index contributed by atoms with van der Waals surface area (Å²) in [6.45, 7) is 9.45. The first-order valence-corrected chi connectivity index (χ1v) is 13.1. The molecule has 1 aliphatic rings. The number of carbonyl (C=O) groups is 1. The summed E-state index contributed by atoms with van der Waals surface area (Å²) in [6, 6.07) is 14.4. The van der Waals surface area contributed by atoms with Gasteiger partial charge in [0.15, 0.2) is 0 Å². The normalized spacial score (nSPS) is 15.2. The molecule has 0 saturated heterocycles. The highest BCUT2D eigenvalue weighted by Crippen LogP contribution is 2.38. The summed E-state index contributed by atoms with van der Waals surface area (Å²) in [5.74, 6) is 1.21. The van der Waals surface area contributed by atoms with Crippen molar-refractivity contribution in [3.8, 4) is 11.5 Å². The fourth-order valence-electron chi connectivity index (χ4n) is 4.87. The van der Waals surface area contributed by atoms with Crippen LogP contribution in [0.3, 0.4) is 0 Å². The number of hydrogen-bond donors (Lipinski definition) is 4. The zero-order valence-electron chi connectivity index (χ0n) is 23.1. The fourth-order valence-corrected chi connectivity index (χ4v) is 4.87. The molecule has 0 aliphatic carbocycles. The van der Waals surface area contributed by atoms with Gasteiger partial charge in [-0.05, 0) is 52.3 Å². The molecule has 1 aromatic carbocycles. The summed E-state index contributed by atoms with van der Waals surface area (Å²) < 4.78 is 5.77. The van der Waals surface area contributed by atoms with Crippen LogP contribution in [0.5, 0.6) is 0 Å². The lowest BCUT2D eigenvalue weighted by Gasteiger charge is -2.30. The maximum atomic E-state index is 12.8. The van der Waals surface area contributed by atoms with E-state index in [1.165, 1.54) is 0 Å². The van der Waals surface area contributed by atoms with Gasteiger partial charge in [0.25, 0.3) is 11.8 Å². The Labute approximate surface area is 232 Å². The van der Waals surface area contributed by atoms with E-state index in [9.17, 15) is 15.0 Å². The molecule has 4 N–H and O–H groups in total. The monoisotopic (exact) mass is 543 g/mol. The van der Waals surface area contributed by atoms with E-state index < -0.39 is 17.2 Å². The van der Waals surface area contributed by atoms with Crippen LogP contribution in [0.15, 0.2) is 59.1 Å². The van der Waals surface area contributed by atoms with Crippen molar-refractivity contribution in [1.29, 1.82) is 0 Å². The van der Waals surface area contributed by atoms with Gasteiger partial charge in [-0.25, -0.2) is 9.97 Å². The summed E-state index contributed by atoms with van der Waals surface area (Å²) in [7, 11) is 0. The molecule has 3 aromatic heterocycles. The van der Waals surface area contributed by atoms with Gasteiger partial charge in [-0.15, -0.1) is 10.2 Å². The second-order valence-corrected chi connectivity index (χ2v) is 10.7. The molecule has 0 saturated carbocycles. The molecular formula is C29H33N7O4. The number of nitrogens with one attached hydrogen (secondary N) is 2. The standard InChI is InChI=1S/C29H33N7O4/c1-6-36-26(38)18-12-13-22(33-24(18)28(36,2)3)32-23-14-20(31-21(16-37)17-10-8-7-9-11-17)19(15-30-23)25-34-35-27(40-25)29(4,5)39/h7-15,21,37,39H,6,16H2,1-5H3,(H2,30,31,32,33)/t21-/m1/s1. The van der Waals surface area contributed by atoms with Crippen LogP contribution in [0.2, 0.25) is 0 Å². The van der Waals surface area contributed by atoms with Crippen LogP contribution < -0.4 is 10.6 Å². The predicted molar refractivity (Wildman–Crippen MR) is 150 cm³/mol. The van der Waals surface area contributed by atoms with Gasteiger partial charge >= 0.3 is 0 Å². The van der Waals surface area contributed by atoms with E-state index in [0.29, 0.717) is 40.7 Å². The van der Waals surface area contributed by atoms with Crippen molar-refractivity contribution < 1.29 is 19.4 Å². The molecule has 5 rings (SSSR count). The number of aromatic nitrogens is 4. The maximum absolute atomic E-state index is 12.8. The van der Waals surface area contributed by atoms with Crippen molar-refractivity contribution in [1.82, 2.24) is 25.1 Å². The Hall–Kier alpha value is -4.35. The van der Waals surface area contributed by atoms with Gasteiger partial charge in [0.05, 0.1) is 40.7 Å². The van der Waals surface area contributed by atoms with Gasteiger partial charge in [0.2, 0.25) is 5.89 Å². The number of aliphatic hydroxyl groups is 2. The zero-order chi connectivity index (χ0) is 28.7. The molecular weight excluding hydrogens is 510 g/mol. The van der Waals surface area contributed by atoms with Gasteiger partial charge in [0, 0.05) is 18.8 Å². The van der Waals surface area contributed by atoms with E-state index in [1.807, 2.05) is 51.1 Å². The molecule has 0 unspecified atom stereocenters. The summed E-state index contributed by atoms with van der Waals surface area (Å²) in [6.07, 6.45) is 1.57. The highest BCUT2D eigenvalue weighted by atomic mass is 16.4. The molecule has 4 aromatic rings. The van der Waals surface area contributed by atoms with Gasteiger partial charge < -0.3 is 30.2 Å². The van der Waals surface area contributed by atoms with E-state index >= 15 is 0 Å². The molecule has 4 heterocycles. The summed E-state index contributed by atoms with van der Waals surface area (Å²) in [5.41, 5.74) is 1.40. The van der Waals surface area contributed by atoms with Crippen molar-refractivity contribution >= 4 is 23.2 Å². The lowest BCUT2D eigenvalue weighted by atomic mass is 9.99. The Kier molecular flexibility index (Phi) is 7.03. The first-order valence-electron chi connectivity index (χ1n) is 13.1. The van der Waals surface area contributed by atoms with E-state index in [1.54, 1.807) is 43.1 Å². The van der Waals surface area contributed by atoms with E-state index in [2.05, 4.69) is 25.8 Å². The van der Waals surface area contributed by atoms with E-state index in [0.717, 1.165) is 5.56 Å². The van der Waals surface area contributed by atoms with Gasteiger partial charge in [-0.1, -0.05) is 30.3 Å². The average molecular weight is 544 g/mol. The smallest absolute Gasteiger partial charge is 0.256 e. The van der Waals surface area contributed by atoms with Crippen LogP contribution >= 0.6 is 0 Å². The molecule has 11 nitrogen and oxygen atoms in total. The lowest BCUT2D eigenvalue weighted by Crippen LogP contribution is -2.39. The molecule has 0 bridgehead atoms. The minimum Gasteiger partial charge on any atom is -0.417 e. The van der Waals surface area contributed by atoms with Crippen molar-refractivity contribution in [2.45, 2.75) is 51.8 Å². The van der Waals surface area contributed by atoms with Crippen LogP contribution in [0.1, 0.15) is 68.2 Å². The Morgan fingerprint density at radius 1 is 1.07 bits per heavy atom. The van der Waals surface area contributed by atoms with Crippen LogP contribution in [-0.4, -0.2) is 54.3 Å². The summed E-state index contributed by atoms with van der Waals surface area (Å²) in [4.78, 5) is 23.9. The Morgan fingerprint density at radius 2 is 1.82 bits per heavy atom. The summed E-state index contributed by atoms with van der Waals surface area (Å²) in [5, 5.41) is 35.2. The number of aliphatic hydroxyl groups excluding tert-OH is 1. The Balaban J connectivity index is 1.51. The minimum absolute atomic E-state index is 0.0311. The third-order valence-corrected chi connectivity index (χ3v) is 6.99. The minimum atomic E-state index is -1.31. The van der Waals surface area contributed by atoms with E-state index in [-0.39, 0.29) is 24.3 Å². The number of nitrogens with zero attached hydrogens (tertiary/aromatic N) is 5. The van der Waals surface area contributed by atoms with Gasteiger partial charge in [-0.3, -0.25) is 4.79 Å². The van der Waals surface area contributed by atoms with Crippen molar-refractivity contribution in [3.05, 3.63) is 77.4 Å². The molecule has 1 amide bonds. The van der Waals surface area contributed by atoms with Crippen LogP contribution in [0, 0.1) is 0 Å². The molecule has 11 heteroatoms. The first kappa shape index (κ1) is 27.2. The quantitative estimate of drug-likeness (QED) is 0.240. The van der Waals surface area contributed by atoms with Crippen LogP contribution in [0.25, 0.3) is 11.5 Å². The zero-order valence-corrected chi connectivity index (χ0v) is 23.1. The topological polar surface area (TPSA) is 150 Å². The number of fused-ring (bicyclic) bond motifs is 1.